The molecular formula is C33H46N4O7. The van der Waals surface area contributed by atoms with Crippen molar-refractivity contribution < 1.29 is 33.7 Å². The molecule has 2 bridgehead atoms. The van der Waals surface area contributed by atoms with E-state index in [1.165, 1.54) is 0 Å². The number of hydrogen-bond acceptors (Lipinski definition) is 8. The summed E-state index contributed by atoms with van der Waals surface area (Å²) in [5.41, 5.74) is 1.82. The number of fused-ring (bicyclic) bond motifs is 12. The molecule has 11 nitrogen and oxygen atoms in total. The zero-order valence-corrected chi connectivity index (χ0v) is 25.6. The highest BCUT2D eigenvalue weighted by Gasteiger charge is 2.31. The number of aliphatic hydroxyl groups excluding tert-OH is 1. The normalized spacial score (nSPS) is 23.2. The minimum absolute atomic E-state index is 0.00377. The van der Waals surface area contributed by atoms with E-state index in [1.54, 1.807) is 0 Å². The van der Waals surface area contributed by atoms with Gasteiger partial charge in [-0.25, -0.2) is 4.79 Å². The maximum absolute atomic E-state index is 13.7. The molecule has 5 rings (SSSR count). The molecule has 2 aromatic carbocycles. The van der Waals surface area contributed by atoms with E-state index in [-0.39, 0.29) is 30.4 Å². The number of ether oxygens (including phenoxy) is 3. The third-order valence-electron chi connectivity index (χ3n) is 8.16. The fourth-order valence-electron chi connectivity index (χ4n) is 5.25. The van der Waals surface area contributed by atoms with Gasteiger partial charge in [0.1, 0.15) is 17.9 Å². The average molecular weight is 611 g/mol. The molecule has 0 aliphatic carbocycles. The van der Waals surface area contributed by atoms with E-state index in [4.69, 9.17) is 14.2 Å². The Kier molecular flexibility index (Phi) is 12.8. The van der Waals surface area contributed by atoms with Crippen LogP contribution in [-0.4, -0.2) is 86.3 Å². The molecule has 3 aliphatic heterocycles. The lowest BCUT2D eigenvalue weighted by molar-refractivity contribution is -0.131. The second kappa shape index (κ2) is 17.0. The maximum atomic E-state index is 13.7. The molecular weight excluding hydrogens is 564 g/mol. The molecule has 1 unspecified atom stereocenters. The van der Waals surface area contributed by atoms with Crippen LogP contribution in [0.5, 0.6) is 5.75 Å². The van der Waals surface area contributed by atoms with E-state index in [2.05, 4.69) is 21.3 Å². The van der Waals surface area contributed by atoms with Gasteiger partial charge in [0.25, 0.3) is 0 Å². The lowest BCUT2D eigenvalue weighted by atomic mass is 9.96. The molecule has 0 radical (unpaired) electrons. The Labute approximate surface area is 259 Å². The van der Waals surface area contributed by atoms with Crippen LogP contribution in [0.25, 0.3) is 0 Å². The minimum atomic E-state index is -1.06. The lowest BCUT2D eigenvalue weighted by Gasteiger charge is -2.29. The van der Waals surface area contributed by atoms with Crippen molar-refractivity contribution in [3.05, 3.63) is 65.7 Å². The van der Waals surface area contributed by atoms with Gasteiger partial charge in [-0.3, -0.25) is 9.59 Å². The first-order valence-corrected chi connectivity index (χ1v) is 15.6. The largest absolute Gasteiger partial charge is 0.494 e. The van der Waals surface area contributed by atoms with Gasteiger partial charge >= 0.3 is 6.09 Å². The Morgan fingerprint density at radius 3 is 2.57 bits per heavy atom. The van der Waals surface area contributed by atoms with Gasteiger partial charge in [-0.2, -0.15) is 0 Å². The number of alkyl carbamates (subject to hydrolysis) is 1. The van der Waals surface area contributed by atoms with Gasteiger partial charge in [0, 0.05) is 19.5 Å². The van der Waals surface area contributed by atoms with Crippen molar-refractivity contribution in [2.24, 2.45) is 5.92 Å². The standard InChI is InChI=1S/C33H46N4O7/c1-3-22(2)30-32(40)34-15-7-16-43-25-12-10-24(11-13-25)19-28(31(39)37-30)35-20-29(38)27(18-23-8-5-4-6-9-23)36-33(41)44-26-14-17-42-21-26/h4-6,8-13,22,26-30,35,38H,3,7,14-21H2,1-2H3,(H,34,40)(H,36,41)(H,37,39)/t22-,26?,27+,28+,29-,30+/m1/s1. The second-order valence-corrected chi connectivity index (χ2v) is 11.6. The second-order valence-electron chi connectivity index (χ2n) is 11.6. The van der Waals surface area contributed by atoms with Crippen LogP contribution >= 0.6 is 0 Å². The van der Waals surface area contributed by atoms with Gasteiger partial charge in [-0.15, -0.1) is 0 Å². The fraction of sp³-hybridized carbons (Fsp3) is 0.545. The van der Waals surface area contributed by atoms with Gasteiger partial charge < -0.3 is 40.6 Å². The van der Waals surface area contributed by atoms with Crippen LogP contribution in [0, 0.1) is 5.92 Å². The van der Waals surface area contributed by atoms with Gasteiger partial charge in [-0.05, 0) is 48.4 Å². The molecule has 2 aromatic rings. The summed E-state index contributed by atoms with van der Waals surface area (Å²) < 4.78 is 16.6. The summed E-state index contributed by atoms with van der Waals surface area (Å²) in [6.07, 6.45) is 0.621. The van der Waals surface area contributed by atoms with Gasteiger partial charge in [0.15, 0.2) is 0 Å². The molecule has 1 fully saturated rings. The first-order valence-electron chi connectivity index (χ1n) is 15.6. The number of carbonyl (C=O) groups excluding carboxylic acids is 3. The number of nitrogens with one attached hydrogen (secondary N) is 4. The number of carbonyl (C=O) groups is 3. The summed E-state index contributed by atoms with van der Waals surface area (Å²) in [5.74, 6) is 0.0367. The van der Waals surface area contributed by atoms with E-state index in [9.17, 15) is 19.5 Å². The van der Waals surface area contributed by atoms with E-state index < -0.39 is 30.3 Å². The van der Waals surface area contributed by atoms with Gasteiger partial charge in [-0.1, -0.05) is 62.7 Å². The van der Waals surface area contributed by atoms with Crippen LogP contribution in [0.1, 0.15) is 44.2 Å². The number of aliphatic hydroxyl groups is 1. The van der Waals surface area contributed by atoms with Gasteiger partial charge in [0.2, 0.25) is 11.8 Å². The monoisotopic (exact) mass is 610 g/mol. The van der Waals surface area contributed by atoms with E-state index >= 15 is 0 Å². The van der Waals surface area contributed by atoms with Crippen molar-refractivity contribution in [1.82, 2.24) is 21.3 Å². The Morgan fingerprint density at radius 2 is 1.86 bits per heavy atom. The smallest absolute Gasteiger partial charge is 0.407 e. The van der Waals surface area contributed by atoms with Crippen LogP contribution in [0.15, 0.2) is 54.6 Å². The number of rotatable bonds is 10. The van der Waals surface area contributed by atoms with Crippen LogP contribution in [0.3, 0.4) is 0 Å². The number of benzene rings is 2. The summed E-state index contributed by atoms with van der Waals surface area (Å²) in [4.78, 5) is 39.5. The van der Waals surface area contributed by atoms with Crippen molar-refractivity contribution in [3.8, 4) is 5.75 Å². The Morgan fingerprint density at radius 1 is 1.09 bits per heavy atom. The van der Waals surface area contributed by atoms with Crippen molar-refractivity contribution in [3.63, 3.8) is 0 Å². The SMILES string of the molecule is CC[C@@H](C)[C@@H]1NC(=O)[C@@H](NC[C@@H](O)[C@H](Cc2ccccc2)NC(=O)OC2CCOC2)Cc2ccc(cc2)OCCCNC1=O. The molecule has 240 valence electrons. The Hall–Kier alpha value is -3.67. The third-order valence-corrected chi connectivity index (χ3v) is 8.16. The van der Waals surface area contributed by atoms with Crippen molar-refractivity contribution >= 4 is 17.9 Å². The van der Waals surface area contributed by atoms with Crippen LogP contribution < -0.4 is 26.0 Å². The highest BCUT2D eigenvalue weighted by atomic mass is 16.6. The minimum Gasteiger partial charge on any atom is -0.494 e. The number of amides is 3. The predicted octanol–water partition coefficient (Wildman–Crippen LogP) is 2.10. The summed E-state index contributed by atoms with van der Waals surface area (Å²) in [5, 5.41) is 23.3. The molecule has 5 N–H and O–H groups in total. The van der Waals surface area contributed by atoms with E-state index in [1.807, 2.05) is 68.4 Å². The molecule has 3 aliphatic rings. The Balaban J connectivity index is 1.49. The average Bonchev–Trinajstić information content (AvgIpc) is 3.54. The fourth-order valence-corrected chi connectivity index (χ4v) is 5.25. The molecule has 0 spiro atoms. The van der Waals surface area contributed by atoms with E-state index in [0.29, 0.717) is 64.2 Å². The number of hydrogen-bond donors (Lipinski definition) is 5. The first-order chi connectivity index (χ1) is 21.3. The highest BCUT2D eigenvalue weighted by molar-refractivity contribution is 5.90. The van der Waals surface area contributed by atoms with Crippen LogP contribution in [0.4, 0.5) is 4.79 Å². The zero-order chi connectivity index (χ0) is 31.3. The molecule has 0 saturated carbocycles. The quantitative estimate of drug-likeness (QED) is 0.275. The van der Waals surface area contributed by atoms with Gasteiger partial charge in [0.05, 0.1) is 38.0 Å². The zero-order valence-electron chi connectivity index (χ0n) is 25.6. The topological polar surface area (TPSA) is 147 Å². The third kappa shape index (κ3) is 10.2. The van der Waals surface area contributed by atoms with Crippen LogP contribution in [0.2, 0.25) is 0 Å². The summed E-state index contributed by atoms with van der Waals surface area (Å²) in [6, 6.07) is 14.9. The van der Waals surface area contributed by atoms with Crippen molar-refractivity contribution in [2.45, 2.75) is 76.3 Å². The molecule has 11 heteroatoms. The Bertz CT molecular complexity index is 1190. The predicted molar refractivity (Wildman–Crippen MR) is 165 cm³/mol. The van der Waals surface area contributed by atoms with Crippen LogP contribution in [-0.2, 0) is 31.9 Å². The summed E-state index contributed by atoms with van der Waals surface area (Å²) in [6.45, 7) is 5.69. The molecule has 6 atom stereocenters. The first kappa shape index (κ1) is 33.2. The van der Waals surface area contributed by atoms with E-state index in [0.717, 1.165) is 11.1 Å². The summed E-state index contributed by atoms with van der Waals surface area (Å²) >= 11 is 0. The lowest BCUT2D eigenvalue weighted by Crippen LogP contribution is -2.57. The maximum Gasteiger partial charge on any atom is 0.407 e. The summed E-state index contributed by atoms with van der Waals surface area (Å²) in [7, 11) is 0. The molecule has 44 heavy (non-hydrogen) atoms. The molecule has 3 heterocycles. The highest BCUT2D eigenvalue weighted by Crippen LogP contribution is 2.16. The molecule has 1 saturated heterocycles. The van der Waals surface area contributed by atoms with Crippen molar-refractivity contribution in [2.75, 3.05) is 32.9 Å². The van der Waals surface area contributed by atoms with Crippen molar-refractivity contribution in [1.29, 1.82) is 0 Å². The molecule has 0 aromatic heterocycles. The molecule has 3 amide bonds.